The molecule has 470 valence electrons. The van der Waals surface area contributed by atoms with Gasteiger partial charge in [-0.15, -0.1) is 0 Å². The van der Waals surface area contributed by atoms with Crippen molar-refractivity contribution in [1.29, 1.82) is 5.41 Å². The fourth-order valence-corrected chi connectivity index (χ4v) is 9.72. The van der Waals surface area contributed by atoms with Crippen LogP contribution in [-0.2, 0) is 57.7 Å². The number of piperazine rings is 1. The molecule has 1 fully saturated rings. The van der Waals surface area contributed by atoms with Crippen LogP contribution in [0.4, 0.5) is 5.69 Å². The van der Waals surface area contributed by atoms with E-state index in [0.29, 0.717) is 87.3 Å². The van der Waals surface area contributed by atoms with Crippen LogP contribution in [0.25, 0.3) is 10.9 Å². The second-order valence-corrected chi connectivity index (χ2v) is 23.3. The monoisotopic (exact) mass is 1200 g/mol. The summed E-state index contributed by atoms with van der Waals surface area (Å²) < 4.78 is 1.10. The van der Waals surface area contributed by atoms with Crippen molar-refractivity contribution in [3.63, 3.8) is 0 Å². The molecule has 0 aliphatic carbocycles. The summed E-state index contributed by atoms with van der Waals surface area (Å²) in [4.78, 5) is 140. The van der Waals surface area contributed by atoms with Crippen LogP contribution in [0.2, 0.25) is 0 Å². The number of hydrogen-bond donors (Lipinski definition) is 13. The van der Waals surface area contributed by atoms with Gasteiger partial charge in [0.05, 0.1) is 29.3 Å². The van der Waals surface area contributed by atoms with Crippen LogP contribution in [0.5, 0.6) is 5.75 Å². The molecule has 86 heavy (non-hydrogen) atoms. The Morgan fingerprint density at radius 3 is 1.98 bits per heavy atom. The second-order valence-electron chi connectivity index (χ2n) is 23.3. The lowest BCUT2D eigenvalue weighted by molar-refractivity contribution is -0.139. The number of H-pyrrole nitrogens is 1. The van der Waals surface area contributed by atoms with Gasteiger partial charge >= 0.3 is 0 Å². The average molecular weight is 1200 g/mol. The van der Waals surface area contributed by atoms with E-state index in [2.05, 4.69) is 57.5 Å². The Labute approximate surface area is 501 Å². The van der Waals surface area contributed by atoms with Crippen molar-refractivity contribution in [2.75, 3.05) is 51.2 Å². The van der Waals surface area contributed by atoms with Crippen molar-refractivity contribution < 1.29 is 43.5 Å². The summed E-state index contributed by atoms with van der Waals surface area (Å²) >= 11 is 0. The van der Waals surface area contributed by atoms with Gasteiger partial charge in [0, 0.05) is 69.9 Å². The number of nitrogens with zero attached hydrogens (tertiary/aromatic N) is 5. The Balaban J connectivity index is 1.32. The van der Waals surface area contributed by atoms with Gasteiger partial charge in [0.1, 0.15) is 48.5 Å². The Bertz CT molecular complexity index is 3010. The van der Waals surface area contributed by atoms with Crippen LogP contribution in [0.3, 0.4) is 0 Å². The Hall–Kier alpha value is -8.62. The van der Waals surface area contributed by atoms with Gasteiger partial charge in [-0.1, -0.05) is 67.0 Å². The number of carbonyl (C=O) groups excluding carboxylic acids is 8. The largest absolute Gasteiger partial charge is 0.508 e. The number of hydrogen-bond acceptors (Lipinski definition) is 15. The summed E-state index contributed by atoms with van der Waals surface area (Å²) in [5, 5.41) is 39.8. The maximum atomic E-state index is 14.5. The van der Waals surface area contributed by atoms with E-state index in [1.807, 2.05) is 38.7 Å². The van der Waals surface area contributed by atoms with Gasteiger partial charge < -0.3 is 73.9 Å². The summed E-state index contributed by atoms with van der Waals surface area (Å²) in [5.41, 5.74) is 12.0. The van der Waals surface area contributed by atoms with Crippen LogP contribution in [0.15, 0.2) is 66.1 Å². The third-order valence-corrected chi connectivity index (χ3v) is 14.9. The summed E-state index contributed by atoms with van der Waals surface area (Å²) in [6.45, 7) is 14.3. The third kappa shape index (κ3) is 20.6. The Morgan fingerprint density at radius 1 is 0.756 bits per heavy atom. The zero-order valence-electron chi connectivity index (χ0n) is 50.7. The van der Waals surface area contributed by atoms with Crippen molar-refractivity contribution >= 4 is 69.8 Å². The molecule has 7 atom stereocenters. The molecule has 27 nitrogen and oxygen atoms in total. The van der Waals surface area contributed by atoms with Crippen molar-refractivity contribution in [3.05, 3.63) is 82.9 Å². The molecule has 27 heteroatoms. The molecule has 0 spiro atoms. The topological polar surface area (TPSA) is 399 Å². The molecule has 0 unspecified atom stereocenters. The SMILES string of the molecule is CC[C@H](C)[C@H](NC(=O)C(C)(C)C)C(=O)N[C@@H](CCCCN)C(=O)N1CCN(c2ccc3ncn(CC(=O)N[C@@H](CCCNC(=N)N)C(=O)N[C@@H](Cc4c[nH]cn4)C(=O)N[C@@H](Cc4ccc(O)cc4)C(=O)N[C@@H](CC(C)C)C(=O)NC)c(=O)c3c2)CC1. The number of unbranched alkanes of at least 4 members (excludes halogenated alkanes) is 1. The highest BCUT2D eigenvalue weighted by Gasteiger charge is 2.36. The molecule has 1 aliphatic rings. The van der Waals surface area contributed by atoms with Gasteiger partial charge in [-0.3, -0.25) is 53.1 Å². The fraction of sp³-hybridized carbons (Fsp3) is 0.559. The number of aromatic hydroxyl groups is 1. The average Bonchev–Trinajstić information content (AvgIpc) is 2.70. The molecule has 2 aromatic heterocycles. The minimum absolute atomic E-state index is 0.00961. The molecular weight excluding hydrogens is 1110 g/mol. The number of nitrogens with one attached hydrogen (secondary N) is 10. The number of amides is 8. The van der Waals surface area contributed by atoms with Gasteiger partial charge in [-0.05, 0) is 92.8 Å². The van der Waals surface area contributed by atoms with Crippen molar-refractivity contribution in [2.45, 2.75) is 149 Å². The number of phenols is 1. The van der Waals surface area contributed by atoms with Crippen LogP contribution in [0.1, 0.15) is 105 Å². The number of likely N-dealkylation sites (N-methyl/N-ethyl adjacent to an activating group) is 1. The van der Waals surface area contributed by atoms with Crippen LogP contribution >= 0.6 is 0 Å². The van der Waals surface area contributed by atoms with Gasteiger partial charge in [0.25, 0.3) is 5.56 Å². The van der Waals surface area contributed by atoms with E-state index >= 15 is 0 Å². The maximum Gasteiger partial charge on any atom is 0.261 e. The number of guanidine groups is 1. The number of aromatic nitrogens is 4. The van der Waals surface area contributed by atoms with E-state index in [4.69, 9.17) is 16.9 Å². The minimum atomic E-state index is -1.38. The molecular formula is C59H89N17O10. The lowest BCUT2D eigenvalue weighted by Crippen LogP contribution is -2.59. The molecule has 1 saturated heterocycles. The van der Waals surface area contributed by atoms with Crippen LogP contribution in [0, 0.1) is 22.7 Å². The van der Waals surface area contributed by atoms with E-state index in [1.54, 1.807) is 49.9 Å². The number of carbonyl (C=O) groups is 8. The zero-order valence-corrected chi connectivity index (χ0v) is 50.7. The number of phenolic OH excluding ortho intramolecular Hbond substituents is 1. The van der Waals surface area contributed by atoms with Crippen molar-refractivity contribution in [1.82, 2.24) is 67.0 Å². The number of fused-ring (bicyclic) bond motifs is 1. The Morgan fingerprint density at radius 2 is 1.38 bits per heavy atom. The van der Waals surface area contributed by atoms with E-state index < -0.39 is 89.2 Å². The van der Waals surface area contributed by atoms with Gasteiger partial charge in [-0.25, -0.2) is 9.97 Å². The smallest absolute Gasteiger partial charge is 0.261 e. The lowest BCUT2D eigenvalue weighted by atomic mass is 9.92. The van der Waals surface area contributed by atoms with Crippen molar-refractivity contribution in [2.24, 2.45) is 28.7 Å². The third-order valence-electron chi connectivity index (χ3n) is 14.9. The minimum Gasteiger partial charge on any atom is -0.508 e. The number of anilines is 1. The van der Waals surface area contributed by atoms with Gasteiger partial charge in [0.2, 0.25) is 47.3 Å². The van der Waals surface area contributed by atoms with E-state index in [-0.39, 0.29) is 73.0 Å². The molecule has 15 N–H and O–H groups in total. The fourth-order valence-electron chi connectivity index (χ4n) is 9.72. The highest BCUT2D eigenvalue weighted by molar-refractivity contribution is 5.96. The van der Waals surface area contributed by atoms with Crippen molar-refractivity contribution in [3.8, 4) is 5.75 Å². The first-order valence-corrected chi connectivity index (χ1v) is 29.4. The standard InChI is InChI=1S/C59H89N17O10/c1-9-36(4)49(73-57(86)59(5,6)7)54(83)69-44(13-10-11-21-60)56(85)75-25-23-74(24-26-75)39-17-20-42-41(30-39)55(84)76(34-67-42)32-48(78)68-43(14-12-22-65-58(61)62)51(80)72-47(29-38-31-64-33-66-38)53(82)71-46(28-37-15-18-40(77)19-16-37)52(81)70-45(27-35(2)3)50(79)63-8/h15-20,30-31,33-36,43-47,49,77H,9-14,21-29,32,60H2,1-8H3,(H,63,79)(H,64,66)(H,68,78)(H,69,83)(H,70,81)(H,71,82)(H,72,80)(H,73,86)(H4,61,62,65)/t36-,43-,44-,45-,46-,47-,49-/m0/s1. The second kappa shape index (κ2) is 32.6. The maximum absolute atomic E-state index is 14.5. The molecule has 2 aromatic carbocycles. The first-order valence-electron chi connectivity index (χ1n) is 29.4. The quantitative estimate of drug-likeness (QED) is 0.0181. The number of imidazole rings is 1. The lowest BCUT2D eigenvalue weighted by Gasteiger charge is -2.38. The molecule has 0 radical (unpaired) electrons. The molecule has 4 aromatic rings. The normalized spacial score (nSPS) is 15.0. The van der Waals surface area contributed by atoms with Gasteiger partial charge in [0.15, 0.2) is 5.96 Å². The predicted molar refractivity (Wildman–Crippen MR) is 325 cm³/mol. The number of aromatic amines is 1. The highest BCUT2D eigenvalue weighted by Crippen LogP contribution is 2.22. The Kier molecular flexibility index (Phi) is 25.8. The molecule has 1 aliphatic heterocycles. The highest BCUT2D eigenvalue weighted by atomic mass is 16.3. The van der Waals surface area contributed by atoms with Crippen LogP contribution < -0.4 is 64.5 Å². The first-order chi connectivity index (χ1) is 40.8. The summed E-state index contributed by atoms with van der Waals surface area (Å²) in [6.07, 6.45) is 6.61. The molecule has 3 heterocycles. The summed E-state index contributed by atoms with van der Waals surface area (Å²) in [5.74, 6) is -4.95. The predicted octanol–water partition coefficient (Wildman–Crippen LogP) is 0.145. The number of benzene rings is 2. The molecule has 0 bridgehead atoms. The molecule has 0 saturated carbocycles. The van der Waals surface area contributed by atoms with Gasteiger partial charge in [-0.2, -0.15) is 0 Å². The van der Waals surface area contributed by atoms with E-state index in [9.17, 15) is 48.3 Å². The summed E-state index contributed by atoms with van der Waals surface area (Å²) in [6, 6.07) is 4.56. The first kappa shape index (κ1) is 68.2. The number of nitrogens with two attached hydrogens (primary N) is 2. The molecule has 8 amide bonds. The van der Waals surface area contributed by atoms with E-state index in [0.717, 1.165) is 4.57 Å². The zero-order chi connectivity index (χ0) is 63.3. The molecule has 5 rings (SSSR count). The summed E-state index contributed by atoms with van der Waals surface area (Å²) in [7, 11) is 1.45. The van der Waals surface area contributed by atoms with Crippen LogP contribution in [-0.4, -0.2) is 165 Å². The van der Waals surface area contributed by atoms with E-state index in [1.165, 1.54) is 38.0 Å². The number of rotatable bonds is 31.